The number of nitrogens with zero attached hydrogens (tertiary/aromatic N) is 1. The topological polar surface area (TPSA) is 105 Å². The van der Waals surface area contributed by atoms with Crippen molar-refractivity contribution < 1.29 is 22.7 Å². The molecule has 1 aromatic carbocycles. The van der Waals surface area contributed by atoms with Crippen LogP contribution in [-0.2, 0) is 27.6 Å². The number of carbonyl (C=O) groups is 2. The van der Waals surface area contributed by atoms with Crippen molar-refractivity contribution in [1.29, 1.82) is 0 Å². The van der Waals surface area contributed by atoms with Crippen molar-refractivity contribution in [3.05, 3.63) is 51.2 Å². The van der Waals surface area contributed by atoms with E-state index < -0.39 is 15.9 Å². The maximum absolute atomic E-state index is 13.0. The van der Waals surface area contributed by atoms with Crippen molar-refractivity contribution in [1.82, 2.24) is 15.2 Å². The van der Waals surface area contributed by atoms with Crippen LogP contribution >= 0.6 is 11.3 Å². The summed E-state index contributed by atoms with van der Waals surface area (Å²) >= 11 is 1.44. The number of morpholine rings is 1. The molecule has 1 aliphatic heterocycles. The number of amides is 2. The number of thiophene rings is 1. The van der Waals surface area contributed by atoms with E-state index in [1.807, 2.05) is 19.9 Å². The van der Waals surface area contributed by atoms with E-state index in [0.717, 1.165) is 19.3 Å². The summed E-state index contributed by atoms with van der Waals surface area (Å²) in [6, 6.07) is 7.67. The van der Waals surface area contributed by atoms with Crippen LogP contribution in [-0.4, -0.2) is 49.8 Å². The first-order valence-corrected chi connectivity index (χ1v) is 12.5. The minimum Gasteiger partial charge on any atom is -0.373 e. The molecule has 1 saturated heterocycles. The Bertz CT molecular complexity index is 1080. The average Bonchev–Trinajstić information content (AvgIpc) is 3.33. The molecule has 4 rings (SSSR count). The SMILES string of the molecule is C[C@@H]1CN(S(=O)(=O)c2cccc(C(=O)NNC(=O)c3cc4c(s3)CCC4)c2)C[C@@H](C)O1. The minimum absolute atomic E-state index is 0.0301. The van der Waals surface area contributed by atoms with E-state index in [9.17, 15) is 18.0 Å². The molecule has 2 aliphatic rings. The quantitative estimate of drug-likeness (QED) is 0.676. The minimum atomic E-state index is -3.77. The lowest BCUT2D eigenvalue weighted by molar-refractivity contribution is -0.0440. The summed E-state index contributed by atoms with van der Waals surface area (Å²) < 4.78 is 33.1. The Hall–Kier alpha value is -2.27. The number of aryl methyl sites for hydroxylation is 2. The van der Waals surface area contributed by atoms with E-state index in [1.165, 1.54) is 50.3 Å². The van der Waals surface area contributed by atoms with Gasteiger partial charge in [0.2, 0.25) is 10.0 Å². The number of nitrogens with one attached hydrogen (secondary N) is 2. The fourth-order valence-corrected chi connectivity index (χ4v) is 6.75. The molecule has 0 spiro atoms. The van der Waals surface area contributed by atoms with Gasteiger partial charge >= 0.3 is 0 Å². The molecule has 0 unspecified atom stereocenters. The van der Waals surface area contributed by atoms with Gasteiger partial charge in [-0.05, 0) is 62.9 Å². The fourth-order valence-electron chi connectivity index (χ4n) is 3.96. The molecule has 1 fully saturated rings. The third-order valence-electron chi connectivity index (χ3n) is 5.38. The van der Waals surface area contributed by atoms with E-state index in [0.29, 0.717) is 4.88 Å². The molecule has 31 heavy (non-hydrogen) atoms. The molecule has 0 bridgehead atoms. The molecule has 10 heteroatoms. The van der Waals surface area contributed by atoms with Crippen molar-refractivity contribution >= 4 is 33.2 Å². The van der Waals surface area contributed by atoms with Crippen LogP contribution in [0.5, 0.6) is 0 Å². The summed E-state index contributed by atoms with van der Waals surface area (Å²) in [7, 11) is -3.77. The smallest absolute Gasteiger partial charge is 0.279 e. The lowest BCUT2D eigenvalue weighted by Gasteiger charge is -2.34. The molecule has 1 aliphatic carbocycles. The van der Waals surface area contributed by atoms with Gasteiger partial charge in [-0.15, -0.1) is 11.3 Å². The first kappa shape index (κ1) is 21.9. The number of hydrazine groups is 1. The highest BCUT2D eigenvalue weighted by Gasteiger charge is 2.32. The van der Waals surface area contributed by atoms with Crippen LogP contribution in [0, 0.1) is 0 Å². The largest absolute Gasteiger partial charge is 0.373 e. The van der Waals surface area contributed by atoms with Crippen LogP contribution in [0.2, 0.25) is 0 Å². The molecule has 0 saturated carbocycles. The van der Waals surface area contributed by atoms with Gasteiger partial charge in [0.05, 0.1) is 22.0 Å². The van der Waals surface area contributed by atoms with Gasteiger partial charge in [0.25, 0.3) is 11.8 Å². The summed E-state index contributed by atoms with van der Waals surface area (Å²) in [6.07, 6.45) is 2.66. The van der Waals surface area contributed by atoms with Gasteiger partial charge in [-0.2, -0.15) is 4.31 Å². The monoisotopic (exact) mass is 463 g/mol. The molecular formula is C21H25N3O5S2. The van der Waals surface area contributed by atoms with Crippen LogP contribution in [0.3, 0.4) is 0 Å². The number of rotatable bonds is 4. The number of hydrogen-bond acceptors (Lipinski definition) is 6. The van der Waals surface area contributed by atoms with Gasteiger partial charge in [0, 0.05) is 23.5 Å². The lowest BCUT2D eigenvalue weighted by Crippen LogP contribution is -2.48. The van der Waals surface area contributed by atoms with E-state index in [1.54, 1.807) is 0 Å². The first-order valence-electron chi connectivity index (χ1n) is 10.2. The highest BCUT2D eigenvalue weighted by Crippen LogP contribution is 2.30. The Labute approximate surface area is 185 Å². The number of fused-ring (bicyclic) bond motifs is 1. The standard InChI is InChI=1S/C21H25N3O5S2/c1-13-11-24(12-14(2)29-13)31(27,28)17-7-3-6-16(9-17)20(25)22-23-21(26)19-10-15-5-4-8-18(15)30-19/h3,6-7,9-10,13-14H,4-5,8,11-12H2,1-2H3,(H,22,25)(H,23,26)/t13-,14-/m1/s1. The Balaban J connectivity index is 1.43. The normalized spacial score (nSPS) is 21.5. The molecule has 2 heterocycles. The van der Waals surface area contributed by atoms with Crippen LogP contribution < -0.4 is 10.9 Å². The Morgan fingerprint density at radius 1 is 1.06 bits per heavy atom. The second kappa shape index (κ2) is 8.70. The highest BCUT2D eigenvalue weighted by atomic mass is 32.2. The van der Waals surface area contributed by atoms with Crippen LogP contribution in [0.15, 0.2) is 35.2 Å². The van der Waals surface area contributed by atoms with Gasteiger partial charge in [-0.25, -0.2) is 8.42 Å². The van der Waals surface area contributed by atoms with Crippen molar-refractivity contribution in [3.8, 4) is 0 Å². The number of ether oxygens (including phenoxy) is 1. The second-order valence-electron chi connectivity index (χ2n) is 7.93. The molecule has 1 aromatic heterocycles. The zero-order chi connectivity index (χ0) is 22.2. The zero-order valence-electron chi connectivity index (χ0n) is 17.4. The molecule has 2 amide bonds. The molecule has 2 N–H and O–H groups in total. The summed E-state index contributed by atoms with van der Waals surface area (Å²) in [4.78, 5) is 26.7. The summed E-state index contributed by atoms with van der Waals surface area (Å²) in [5.74, 6) is -0.967. The van der Waals surface area contributed by atoms with Gasteiger partial charge in [-0.3, -0.25) is 20.4 Å². The summed E-state index contributed by atoms with van der Waals surface area (Å²) in [6.45, 7) is 4.16. The van der Waals surface area contributed by atoms with E-state index >= 15 is 0 Å². The molecule has 2 aromatic rings. The van der Waals surface area contributed by atoms with Crippen LogP contribution in [0.4, 0.5) is 0 Å². The molecule has 166 valence electrons. The number of hydrogen-bond donors (Lipinski definition) is 2. The van der Waals surface area contributed by atoms with Crippen molar-refractivity contribution in [2.24, 2.45) is 0 Å². The average molecular weight is 464 g/mol. The number of carbonyl (C=O) groups excluding carboxylic acids is 2. The van der Waals surface area contributed by atoms with Crippen molar-refractivity contribution in [2.75, 3.05) is 13.1 Å². The van der Waals surface area contributed by atoms with Gasteiger partial charge in [0.15, 0.2) is 0 Å². The summed E-state index contributed by atoms with van der Waals surface area (Å²) in [5.41, 5.74) is 6.13. The van der Waals surface area contributed by atoms with Gasteiger partial charge in [-0.1, -0.05) is 6.07 Å². The maximum atomic E-state index is 13.0. The Morgan fingerprint density at radius 3 is 2.48 bits per heavy atom. The van der Waals surface area contributed by atoms with Crippen LogP contribution in [0.25, 0.3) is 0 Å². The van der Waals surface area contributed by atoms with Crippen LogP contribution in [0.1, 0.15) is 50.7 Å². The van der Waals surface area contributed by atoms with Crippen molar-refractivity contribution in [2.45, 2.75) is 50.2 Å². The molecule has 0 radical (unpaired) electrons. The first-order chi connectivity index (χ1) is 14.7. The van der Waals surface area contributed by atoms with Gasteiger partial charge < -0.3 is 4.74 Å². The van der Waals surface area contributed by atoms with Crippen molar-refractivity contribution in [3.63, 3.8) is 0 Å². The lowest BCUT2D eigenvalue weighted by atomic mass is 10.2. The third-order valence-corrected chi connectivity index (χ3v) is 8.44. The second-order valence-corrected chi connectivity index (χ2v) is 11.0. The third kappa shape index (κ3) is 4.67. The van der Waals surface area contributed by atoms with E-state index in [-0.39, 0.29) is 41.7 Å². The van der Waals surface area contributed by atoms with Gasteiger partial charge in [0.1, 0.15) is 0 Å². The molecule has 8 nitrogen and oxygen atoms in total. The predicted octanol–water partition coefficient (Wildman–Crippen LogP) is 2.11. The number of benzene rings is 1. The van der Waals surface area contributed by atoms with E-state index in [4.69, 9.17) is 4.74 Å². The fraction of sp³-hybridized carbons (Fsp3) is 0.429. The summed E-state index contributed by atoms with van der Waals surface area (Å²) in [5, 5.41) is 0. The molecule has 2 atom stereocenters. The Morgan fingerprint density at radius 2 is 1.77 bits per heavy atom. The maximum Gasteiger partial charge on any atom is 0.279 e. The Kier molecular flexibility index (Phi) is 6.16. The predicted molar refractivity (Wildman–Crippen MR) is 116 cm³/mol. The zero-order valence-corrected chi connectivity index (χ0v) is 19.0. The highest BCUT2D eigenvalue weighted by molar-refractivity contribution is 7.89. The van der Waals surface area contributed by atoms with E-state index in [2.05, 4.69) is 10.9 Å². The number of sulfonamides is 1. The molecular weight excluding hydrogens is 438 g/mol.